The first-order chi connectivity index (χ1) is 5.35. The van der Waals surface area contributed by atoms with E-state index < -0.39 is 0 Å². The Hall–Kier alpha value is -0.120. The van der Waals surface area contributed by atoms with Gasteiger partial charge in [-0.05, 0) is 6.42 Å². The highest BCUT2D eigenvalue weighted by atomic mass is 16.5. The minimum Gasteiger partial charge on any atom is -0.369 e. The van der Waals surface area contributed by atoms with E-state index in [2.05, 4.69) is 11.8 Å². The molecule has 0 aromatic heterocycles. The Labute approximate surface area is 69.3 Å². The molecule has 1 radical (unpaired) electrons. The summed E-state index contributed by atoms with van der Waals surface area (Å²) in [7, 11) is 3.37. The van der Waals surface area contributed by atoms with Crippen LogP contribution < -0.4 is 0 Å². The van der Waals surface area contributed by atoms with E-state index in [-0.39, 0.29) is 0 Å². The first-order valence-electron chi connectivity index (χ1n) is 3.84. The van der Waals surface area contributed by atoms with Gasteiger partial charge in [-0.15, -0.1) is 0 Å². The topological polar surface area (TPSA) is 21.7 Å². The van der Waals surface area contributed by atoms with Crippen molar-refractivity contribution < 1.29 is 9.47 Å². The van der Waals surface area contributed by atoms with E-state index in [0.717, 1.165) is 19.4 Å². The fourth-order valence-corrected chi connectivity index (χ4v) is 0.867. The van der Waals surface area contributed by atoms with Crippen molar-refractivity contribution in [2.24, 2.45) is 0 Å². The molecule has 0 bridgehead atoms. The maximum atomic E-state index is 4.98. The average molecular weight is 160 g/mol. The number of hydrogen-bond acceptors (Lipinski definition) is 3. The smallest absolute Gasteiger partial charge is 0.100 e. The molecule has 0 amide bonds. The number of unbranched alkanes of at least 4 members (excludes halogenated alkanes) is 1. The summed E-state index contributed by atoms with van der Waals surface area (Å²) in [5.74, 6) is 0. The molecule has 3 heteroatoms. The van der Waals surface area contributed by atoms with Crippen molar-refractivity contribution in [1.82, 2.24) is 4.90 Å². The number of hydrogen-bond donors (Lipinski definition) is 0. The normalized spacial score (nSPS) is 10.9. The van der Waals surface area contributed by atoms with Gasteiger partial charge in [-0.2, -0.15) is 0 Å². The van der Waals surface area contributed by atoms with Gasteiger partial charge in [0.25, 0.3) is 0 Å². The zero-order valence-corrected chi connectivity index (χ0v) is 7.51. The predicted octanol–water partition coefficient (Wildman–Crippen LogP) is 1.11. The quantitative estimate of drug-likeness (QED) is 0.521. The van der Waals surface area contributed by atoms with Gasteiger partial charge < -0.3 is 9.47 Å². The lowest BCUT2D eigenvalue weighted by molar-refractivity contribution is -0.0136. The molecule has 0 unspecified atom stereocenters. The summed E-state index contributed by atoms with van der Waals surface area (Å²) in [4.78, 5) is 2.09. The molecule has 0 N–H and O–H groups in total. The third-order valence-corrected chi connectivity index (χ3v) is 1.35. The molecular formula is C8H18NO2. The molecule has 0 atom stereocenters. The fourth-order valence-electron chi connectivity index (χ4n) is 0.867. The summed E-state index contributed by atoms with van der Waals surface area (Å²) in [6.07, 6.45) is 2.05. The van der Waals surface area contributed by atoms with Crippen LogP contribution in [-0.4, -0.2) is 39.1 Å². The van der Waals surface area contributed by atoms with E-state index in [1.165, 1.54) is 0 Å². The molecule has 67 valence electrons. The molecule has 0 spiro atoms. The van der Waals surface area contributed by atoms with Gasteiger partial charge in [-0.1, -0.05) is 13.3 Å². The van der Waals surface area contributed by atoms with Crippen molar-refractivity contribution >= 4 is 0 Å². The van der Waals surface area contributed by atoms with Crippen LogP contribution >= 0.6 is 0 Å². The van der Waals surface area contributed by atoms with Gasteiger partial charge in [-0.25, -0.2) is 0 Å². The maximum absolute atomic E-state index is 4.98. The standard InChI is InChI=1S/C8H18NO2/c1-4-5-6-9(7-10-2)8-11-3/h1,4-8H2,2-3H3. The van der Waals surface area contributed by atoms with Crippen molar-refractivity contribution in [2.45, 2.75) is 12.8 Å². The first kappa shape index (κ1) is 10.9. The highest BCUT2D eigenvalue weighted by Crippen LogP contribution is 1.94. The third-order valence-electron chi connectivity index (χ3n) is 1.35. The van der Waals surface area contributed by atoms with Crippen LogP contribution in [0.2, 0.25) is 0 Å². The van der Waals surface area contributed by atoms with Crippen LogP contribution in [0.25, 0.3) is 0 Å². The molecule has 0 aromatic rings. The van der Waals surface area contributed by atoms with Crippen LogP contribution in [0.4, 0.5) is 0 Å². The van der Waals surface area contributed by atoms with E-state index in [9.17, 15) is 0 Å². The molecule has 3 nitrogen and oxygen atoms in total. The Balaban J connectivity index is 3.34. The Morgan fingerprint density at radius 1 is 1.18 bits per heavy atom. The zero-order chi connectivity index (χ0) is 8.53. The Morgan fingerprint density at radius 2 is 1.73 bits per heavy atom. The summed E-state index contributed by atoms with van der Waals surface area (Å²) in [6, 6.07) is 0. The molecule has 0 aliphatic rings. The van der Waals surface area contributed by atoms with Crippen LogP contribution in [0.15, 0.2) is 0 Å². The van der Waals surface area contributed by atoms with Gasteiger partial charge >= 0.3 is 0 Å². The van der Waals surface area contributed by atoms with Gasteiger partial charge in [-0.3, -0.25) is 4.90 Å². The number of nitrogens with zero attached hydrogens (tertiary/aromatic N) is 1. The summed E-state index contributed by atoms with van der Waals surface area (Å²) in [5, 5.41) is 0. The van der Waals surface area contributed by atoms with Crippen LogP contribution in [0.1, 0.15) is 12.8 Å². The van der Waals surface area contributed by atoms with E-state index in [0.29, 0.717) is 13.5 Å². The van der Waals surface area contributed by atoms with E-state index in [4.69, 9.17) is 9.47 Å². The van der Waals surface area contributed by atoms with Crippen molar-refractivity contribution in [3.63, 3.8) is 0 Å². The Kier molecular flexibility index (Phi) is 7.89. The molecule has 0 aliphatic carbocycles. The van der Waals surface area contributed by atoms with Gasteiger partial charge in [0.1, 0.15) is 13.5 Å². The van der Waals surface area contributed by atoms with Crippen molar-refractivity contribution in [3.05, 3.63) is 6.92 Å². The third kappa shape index (κ3) is 6.28. The predicted molar refractivity (Wildman–Crippen MR) is 45.0 cm³/mol. The second-order valence-corrected chi connectivity index (χ2v) is 2.44. The first-order valence-corrected chi connectivity index (χ1v) is 3.84. The zero-order valence-electron chi connectivity index (χ0n) is 7.51. The Bertz CT molecular complexity index is 72.5. The molecule has 11 heavy (non-hydrogen) atoms. The minimum atomic E-state index is 0.633. The summed E-state index contributed by atoms with van der Waals surface area (Å²) >= 11 is 0. The van der Waals surface area contributed by atoms with E-state index >= 15 is 0 Å². The minimum absolute atomic E-state index is 0.633. The van der Waals surface area contributed by atoms with Crippen molar-refractivity contribution in [3.8, 4) is 0 Å². The fraction of sp³-hybridized carbons (Fsp3) is 0.875. The Morgan fingerprint density at radius 3 is 2.09 bits per heavy atom. The molecule has 0 aromatic carbocycles. The highest BCUT2D eigenvalue weighted by Gasteiger charge is 2.00. The van der Waals surface area contributed by atoms with Crippen LogP contribution in [0.3, 0.4) is 0 Å². The van der Waals surface area contributed by atoms with Crippen LogP contribution in [0.5, 0.6) is 0 Å². The molecule has 0 saturated carbocycles. The molecular weight excluding hydrogens is 142 g/mol. The monoisotopic (exact) mass is 160 g/mol. The van der Waals surface area contributed by atoms with Crippen LogP contribution in [-0.2, 0) is 9.47 Å². The molecule has 0 heterocycles. The largest absolute Gasteiger partial charge is 0.369 e. The molecule has 0 aliphatic heterocycles. The highest BCUT2D eigenvalue weighted by molar-refractivity contribution is 4.49. The van der Waals surface area contributed by atoms with Gasteiger partial charge in [0.05, 0.1) is 0 Å². The number of ether oxygens (including phenoxy) is 2. The van der Waals surface area contributed by atoms with Crippen molar-refractivity contribution in [2.75, 3.05) is 34.2 Å². The van der Waals surface area contributed by atoms with Crippen molar-refractivity contribution in [1.29, 1.82) is 0 Å². The lowest BCUT2D eigenvalue weighted by Gasteiger charge is -2.19. The summed E-state index contributed by atoms with van der Waals surface area (Å²) in [5.41, 5.74) is 0. The van der Waals surface area contributed by atoms with Gasteiger partial charge in [0.2, 0.25) is 0 Å². The van der Waals surface area contributed by atoms with Gasteiger partial charge in [0, 0.05) is 20.8 Å². The molecule has 0 fully saturated rings. The van der Waals surface area contributed by atoms with Crippen LogP contribution in [0, 0.1) is 6.92 Å². The lowest BCUT2D eigenvalue weighted by Crippen LogP contribution is -2.28. The summed E-state index contributed by atoms with van der Waals surface area (Å²) < 4.78 is 9.96. The molecule has 0 rings (SSSR count). The SMILES string of the molecule is [CH2]CCCN(COC)COC. The maximum Gasteiger partial charge on any atom is 0.100 e. The lowest BCUT2D eigenvalue weighted by atomic mass is 10.3. The number of methoxy groups -OCH3 is 2. The second kappa shape index (κ2) is 7.98. The second-order valence-electron chi connectivity index (χ2n) is 2.44. The van der Waals surface area contributed by atoms with E-state index in [1.54, 1.807) is 14.2 Å². The van der Waals surface area contributed by atoms with E-state index in [1.807, 2.05) is 0 Å². The average Bonchev–Trinajstić information content (AvgIpc) is 2.01. The number of rotatable bonds is 7. The van der Waals surface area contributed by atoms with Gasteiger partial charge in [0.15, 0.2) is 0 Å². The molecule has 0 saturated heterocycles. The summed E-state index contributed by atoms with van der Waals surface area (Å²) in [6.45, 7) is 6.03.